The van der Waals surface area contributed by atoms with E-state index in [9.17, 15) is 4.79 Å². The third kappa shape index (κ3) is 4.19. The van der Waals surface area contributed by atoms with Gasteiger partial charge in [0.25, 0.3) is 5.91 Å². The fourth-order valence-corrected chi connectivity index (χ4v) is 3.27. The maximum atomic E-state index is 12.6. The summed E-state index contributed by atoms with van der Waals surface area (Å²) in [6.45, 7) is 6.87. The van der Waals surface area contributed by atoms with E-state index in [1.807, 2.05) is 31.2 Å². The first-order valence-corrected chi connectivity index (χ1v) is 8.37. The van der Waals surface area contributed by atoms with E-state index in [2.05, 4.69) is 34.3 Å². The van der Waals surface area contributed by atoms with Crippen molar-refractivity contribution >= 4 is 18.3 Å². The molecule has 1 aromatic heterocycles. The Morgan fingerprint density at radius 2 is 1.88 bits per heavy atom. The lowest BCUT2D eigenvalue weighted by Crippen LogP contribution is -2.42. The standard InChI is InChI=1S/C19H25N3O.ClH/c1-14-12-18(19(23)21-17-8-10-20-11-9-17)15(2)22(14)13-16-6-4-3-5-7-16;/h3-7,12,17,20H,8-11,13H2,1-2H3,(H,21,23);1H. The highest BCUT2D eigenvalue weighted by Crippen LogP contribution is 2.18. The van der Waals surface area contributed by atoms with Gasteiger partial charge in [-0.3, -0.25) is 4.79 Å². The summed E-state index contributed by atoms with van der Waals surface area (Å²) >= 11 is 0. The van der Waals surface area contributed by atoms with Crippen LogP contribution in [0.1, 0.15) is 40.2 Å². The molecule has 130 valence electrons. The largest absolute Gasteiger partial charge is 0.349 e. The highest BCUT2D eigenvalue weighted by molar-refractivity contribution is 5.95. The third-order valence-electron chi connectivity index (χ3n) is 4.68. The Kier molecular flexibility index (Phi) is 6.46. The van der Waals surface area contributed by atoms with Gasteiger partial charge in [-0.1, -0.05) is 30.3 Å². The second-order valence-corrected chi connectivity index (χ2v) is 6.35. The number of amides is 1. The van der Waals surface area contributed by atoms with Crippen molar-refractivity contribution in [1.82, 2.24) is 15.2 Å². The maximum absolute atomic E-state index is 12.6. The van der Waals surface area contributed by atoms with Gasteiger partial charge in [0.15, 0.2) is 0 Å². The van der Waals surface area contributed by atoms with E-state index in [1.165, 1.54) is 5.56 Å². The number of nitrogens with one attached hydrogen (secondary N) is 2. The second-order valence-electron chi connectivity index (χ2n) is 6.35. The summed E-state index contributed by atoms with van der Waals surface area (Å²) in [4.78, 5) is 12.6. The van der Waals surface area contributed by atoms with Crippen LogP contribution in [0.25, 0.3) is 0 Å². The Morgan fingerprint density at radius 3 is 2.54 bits per heavy atom. The Hall–Kier alpha value is -1.78. The zero-order chi connectivity index (χ0) is 16.2. The summed E-state index contributed by atoms with van der Waals surface area (Å²) in [5, 5.41) is 6.51. The summed E-state index contributed by atoms with van der Waals surface area (Å²) < 4.78 is 2.21. The first-order chi connectivity index (χ1) is 11.1. The monoisotopic (exact) mass is 347 g/mol. The van der Waals surface area contributed by atoms with Crippen molar-refractivity contribution in [3.05, 3.63) is 58.9 Å². The fraction of sp³-hybridized carbons (Fsp3) is 0.421. The molecule has 1 aromatic carbocycles. The summed E-state index contributed by atoms with van der Waals surface area (Å²) in [5.41, 5.74) is 4.22. The fourth-order valence-electron chi connectivity index (χ4n) is 3.27. The molecule has 0 radical (unpaired) electrons. The number of hydrogen-bond acceptors (Lipinski definition) is 2. The molecule has 1 saturated heterocycles. The lowest BCUT2D eigenvalue weighted by Gasteiger charge is -2.23. The summed E-state index contributed by atoms with van der Waals surface area (Å²) in [5.74, 6) is 0.0595. The zero-order valence-corrected chi connectivity index (χ0v) is 15.2. The quantitative estimate of drug-likeness (QED) is 0.893. The minimum absolute atomic E-state index is 0. The van der Waals surface area contributed by atoms with Crippen molar-refractivity contribution in [1.29, 1.82) is 0 Å². The number of rotatable bonds is 4. The van der Waals surface area contributed by atoms with E-state index in [0.29, 0.717) is 6.04 Å². The van der Waals surface area contributed by atoms with Crippen LogP contribution in [0.2, 0.25) is 0 Å². The molecule has 1 aliphatic rings. The van der Waals surface area contributed by atoms with Gasteiger partial charge in [0, 0.05) is 24.0 Å². The molecule has 0 bridgehead atoms. The molecule has 4 nitrogen and oxygen atoms in total. The van der Waals surface area contributed by atoms with Crippen molar-refractivity contribution in [2.24, 2.45) is 0 Å². The van der Waals surface area contributed by atoms with Crippen molar-refractivity contribution < 1.29 is 4.79 Å². The number of piperidine rings is 1. The minimum Gasteiger partial charge on any atom is -0.349 e. The average Bonchev–Trinajstić information content (AvgIpc) is 2.85. The van der Waals surface area contributed by atoms with Gasteiger partial charge < -0.3 is 15.2 Å². The molecule has 1 aliphatic heterocycles. The van der Waals surface area contributed by atoms with E-state index < -0.39 is 0 Å². The topological polar surface area (TPSA) is 46.1 Å². The Labute approximate surface area is 150 Å². The molecular formula is C19H26ClN3O. The third-order valence-corrected chi connectivity index (χ3v) is 4.68. The smallest absolute Gasteiger partial charge is 0.253 e. The molecular weight excluding hydrogens is 322 g/mol. The molecule has 1 amide bonds. The van der Waals surface area contributed by atoms with Crippen molar-refractivity contribution in [3.63, 3.8) is 0 Å². The van der Waals surface area contributed by atoms with E-state index in [1.54, 1.807) is 0 Å². The first kappa shape index (κ1) is 18.6. The van der Waals surface area contributed by atoms with Gasteiger partial charge in [-0.05, 0) is 51.4 Å². The van der Waals surface area contributed by atoms with Gasteiger partial charge in [0.2, 0.25) is 0 Å². The molecule has 0 unspecified atom stereocenters. The summed E-state index contributed by atoms with van der Waals surface area (Å²) in [6, 6.07) is 12.7. The number of carbonyl (C=O) groups excluding carboxylic acids is 1. The first-order valence-electron chi connectivity index (χ1n) is 8.37. The predicted molar refractivity (Wildman–Crippen MR) is 100 cm³/mol. The van der Waals surface area contributed by atoms with Crippen molar-refractivity contribution in [3.8, 4) is 0 Å². The molecule has 3 rings (SSSR count). The van der Waals surface area contributed by atoms with Gasteiger partial charge >= 0.3 is 0 Å². The van der Waals surface area contributed by atoms with Crippen LogP contribution < -0.4 is 10.6 Å². The van der Waals surface area contributed by atoms with E-state index >= 15 is 0 Å². The minimum atomic E-state index is 0. The molecule has 24 heavy (non-hydrogen) atoms. The number of halogens is 1. The van der Waals surface area contributed by atoms with E-state index in [-0.39, 0.29) is 18.3 Å². The number of aromatic nitrogens is 1. The molecule has 0 spiro atoms. The van der Waals surface area contributed by atoms with Gasteiger partial charge in [-0.2, -0.15) is 0 Å². The Balaban J connectivity index is 0.00000208. The molecule has 5 heteroatoms. The van der Waals surface area contributed by atoms with Gasteiger partial charge in [-0.15, -0.1) is 12.4 Å². The highest BCUT2D eigenvalue weighted by atomic mass is 35.5. The zero-order valence-electron chi connectivity index (χ0n) is 14.3. The highest BCUT2D eigenvalue weighted by Gasteiger charge is 2.20. The molecule has 0 aliphatic carbocycles. The van der Waals surface area contributed by atoms with Crippen LogP contribution >= 0.6 is 12.4 Å². The van der Waals surface area contributed by atoms with Crippen LogP contribution in [0.3, 0.4) is 0 Å². The Bertz CT molecular complexity index is 675. The van der Waals surface area contributed by atoms with Crippen LogP contribution in [0.4, 0.5) is 0 Å². The van der Waals surface area contributed by atoms with Gasteiger partial charge in [-0.25, -0.2) is 0 Å². The summed E-state index contributed by atoms with van der Waals surface area (Å²) in [7, 11) is 0. The van der Waals surface area contributed by atoms with E-state index in [0.717, 1.165) is 49.4 Å². The number of aryl methyl sites for hydroxylation is 1. The second kappa shape index (κ2) is 8.36. The summed E-state index contributed by atoms with van der Waals surface area (Å²) in [6.07, 6.45) is 2.02. The molecule has 2 aromatic rings. The number of hydrogen-bond donors (Lipinski definition) is 2. The van der Waals surface area contributed by atoms with Gasteiger partial charge in [0.1, 0.15) is 0 Å². The lowest BCUT2D eigenvalue weighted by atomic mass is 10.1. The maximum Gasteiger partial charge on any atom is 0.253 e. The van der Waals surface area contributed by atoms with Crippen LogP contribution in [0, 0.1) is 13.8 Å². The predicted octanol–water partition coefficient (Wildman–Crippen LogP) is 3.06. The van der Waals surface area contributed by atoms with Crippen LogP contribution in [0.5, 0.6) is 0 Å². The number of nitrogens with zero attached hydrogens (tertiary/aromatic N) is 1. The van der Waals surface area contributed by atoms with Crippen molar-refractivity contribution in [2.45, 2.75) is 39.3 Å². The average molecular weight is 348 g/mol. The van der Waals surface area contributed by atoms with E-state index in [4.69, 9.17) is 0 Å². The molecule has 1 fully saturated rings. The molecule has 0 atom stereocenters. The molecule has 2 N–H and O–H groups in total. The van der Waals surface area contributed by atoms with Crippen LogP contribution in [-0.4, -0.2) is 29.6 Å². The SMILES string of the molecule is Cc1cc(C(=O)NC2CCNCC2)c(C)n1Cc1ccccc1.Cl. The normalized spacial score (nSPS) is 14.9. The number of benzene rings is 1. The molecule has 2 heterocycles. The molecule has 0 saturated carbocycles. The van der Waals surface area contributed by atoms with Crippen molar-refractivity contribution in [2.75, 3.05) is 13.1 Å². The van der Waals surface area contributed by atoms with Crippen LogP contribution in [0.15, 0.2) is 36.4 Å². The Morgan fingerprint density at radius 1 is 1.21 bits per heavy atom. The number of carbonyl (C=O) groups is 1. The van der Waals surface area contributed by atoms with Crippen LogP contribution in [-0.2, 0) is 6.54 Å². The van der Waals surface area contributed by atoms with Gasteiger partial charge in [0.05, 0.1) is 5.56 Å². The lowest BCUT2D eigenvalue weighted by molar-refractivity contribution is 0.0929.